The molecule has 3 unspecified atom stereocenters. The Balaban J connectivity index is 1.99. The summed E-state index contributed by atoms with van der Waals surface area (Å²) in [5, 5.41) is 0. The largest absolute Gasteiger partial charge is 0.0628 e. The summed E-state index contributed by atoms with van der Waals surface area (Å²) < 4.78 is 0. The van der Waals surface area contributed by atoms with Crippen LogP contribution in [0.2, 0.25) is 0 Å². The van der Waals surface area contributed by atoms with Gasteiger partial charge in [0.2, 0.25) is 0 Å². The average molecular weight is 168 g/mol. The molecular formula is C12H24. The number of rotatable bonds is 5. The van der Waals surface area contributed by atoms with Crippen molar-refractivity contribution in [3.63, 3.8) is 0 Å². The van der Waals surface area contributed by atoms with Crippen molar-refractivity contribution in [1.82, 2.24) is 0 Å². The molecule has 3 atom stereocenters. The minimum Gasteiger partial charge on any atom is -0.0628 e. The first-order valence-corrected chi connectivity index (χ1v) is 5.61. The summed E-state index contributed by atoms with van der Waals surface area (Å²) in [4.78, 5) is 0. The summed E-state index contributed by atoms with van der Waals surface area (Å²) in [5.41, 5.74) is 0. The lowest BCUT2D eigenvalue weighted by Crippen LogP contribution is -1.99. The van der Waals surface area contributed by atoms with E-state index in [0.29, 0.717) is 0 Å². The normalized spacial score (nSPS) is 30.8. The summed E-state index contributed by atoms with van der Waals surface area (Å²) in [6.07, 6.45) is 5.84. The van der Waals surface area contributed by atoms with Crippen molar-refractivity contribution in [3.05, 3.63) is 0 Å². The van der Waals surface area contributed by atoms with Gasteiger partial charge in [0.25, 0.3) is 0 Å². The fourth-order valence-electron chi connectivity index (χ4n) is 2.21. The molecule has 0 saturated heterocycles. The van der Waals surface area contributed by atoms with Gasteiger partial charge >= 0.3 is 0 Å². The van der Waals surface area contributed by atoms with E-state index in [1.54, 1.807) is 0 Å². The Kier molecular flexibility index (Phi) is 3.61. The molecule has 0 heteroatoms. The fraction of sp³-hybridized carbons (Fsp3) is 1.00. The lowest BCUT2D eigenvalue weighted by molar-refractivity contribution is 0.408. The highest BCUT2D eigenvalue weighted by atomic mass is 14.4. The van der Waals surface area contributed by atoms with Crippen molar-refractivity contribution >= 4 is 0 Å². The van der Waals surface area contributed by atoms with Crippen LogP contribution in [0.5, 0.6) is 0 Å². The van der Waals surface area contributed by atoms with Gasteiger partial charge in [-0.25, -0.2) is 0 Å². The molecule has 1 rings (SSSR count). The molecule has 1 saturated carbocycles. The van der Waals surface area contributed by atoms with Crippen LogP contribution in [-0.2, 0) is 0 Å². The van der Waals surface area contributed by atoms with Crippen LogP contribution in [0.4, 0.5) is 0 Å². The maximum Gasteiger partial charge on any atom is -0.0360 e. The van der Waals surface area contributed by atoms with Crippen molar-refractivity contribution in [2.75, 3.05) is 0 Å². The van der Waals surface area contributed by atoms with Crippen LogP contribution >= 0.6 is 0 Å². The van der Waals surface area contributed by atoms with E-state index in [1.807, 2.05) is 0 Å². The lowest BCUT2D eigenvalue weighted by Gasteiger charge is -2.11. The second kappa shape index (κ2) is 4.30. The second-order valence-electron chi connectivity index (χ2n) is 5.18. The molecule has 1 fully saturated rings. The molecular weight excluding hydrogens is 144 g/mol. The highest BCUT2D eigenvalue weighted by molar-refractivity contribution is 4.86. The number of hydrogen-bond donors (Lipinski definition) is 0. The van der Waals surface area contributed by atoms with Crippen molar-refractivity contribution < 1.29 is 0 Å². The molecule has 0 amide bonds. The zero-order valence-corrected chi connectivity index (χ0v) is 9.14. The molecule has 12 heavy (non-hydrogen) atoms. The zero-order chi connectivity index (χ0) is 9.14. The molecule has 0 bridgehead atoms. The van der Waals surface area contributed by atoms with Crippen molar-refractivity contribution in [1.29, 1.82) is 0 Å². The topological polar surface area (TPSA) is 0 Å². The maximum atomic E-state index is 2.44. The summed E-state index contributed by atoms with van der Waals surface area (Å²) in [7, 11) is 0. The van der Waals surface area contributed by atoms with Gasteiger partial charge in [-0.15, -0.1) is 0 Å². The lowest BCUT2D eigenvalue weighted by atomic mass is 9.95. The van der Waals surface area contributed by atoms with Gasteiger partial charge in [-0.3, -0.25) is 0 Å². The van der Waals surface area contributed by atoms with Gasteiger partial charge in [0.15, 0.2) is 0 Å². The Morgan fingerprint density at radius 3 is 2.17 bits per heavy atom. The molecule has 1 aliphatic rings. The Labute approximate surface area is 77.7 Å². The van der Waals surface area contributed by atoms with Gasteiger partial charge in [-0.05, 0) is 30.1 Å². The smallest absolute Gasteiger partial charge is 0.0360 e. The van der Waals surface area contributed by atoms with Crippen LogP contribution in [-0.4, -0.2) is 0 Å². The van der Waals surface area contributed by atoms with Crippen LogP contribution in [0.15, 0.2) is 0 Å². The van der Waals surface area contributed by atoms with Crippen LogP contribution in [0.3, 0.4) is 0 Å². The molecule has 1 aliphatic carbocycles. The van der Waals surface area contributed by atoms with Gasteiger partial charge < -0.3 is 0 Å². The van der Waals surface area contributed by atoms with E-state index in [4.69, 9.17) is 0 Å². The van der Waals surface area contributed by atoms with E-state index in [1.165, 1.54) is 25.7 Å². The van der Waals surface area contributed by atoms with Crippen LogP contribution in [0.25, 0.3) is 0 Å². The van der Waals surface area contributed by atoms with E-state index >= 15 is 0 Å². The molecule has 0 aromatic heterocycles. The molecule has 72 valence electrons. The summed E-state index contributed by atoms with van der Waals surface area (Å²) in [6, 6.07) is 0. The van der Waals surface area contributed by atoms with Gasteiger partial charge in [-0.2, -0.15) is 0 Å². The Bertz CT molecular complexity index is 126. The monoisotopic (exact) mass is 168 g/mol. The van der Waals surface area contributed by atoms with Crippen LogP contribution < -0.4 is 0 Å². The van der Waals surface area contributed by atoms with Gasteiger partial charge in [0.05, 0.1) is 0 Å². The molecule has 0 nitrogen and oxygen atoms in total. The van der Waals surface area contributed by atoms with Gasteiger partial charge in [-0.1, -0.05) is 47.0 Å². The van der Waals surface area contributed by atoms with Crippen molar-refractivity contribution in [2.24, 2.45) is 23.7 Å². The third-order valence-corrected chi connectivity index (χ3v) is 3.34. The zero-order valence-electron chi connectivity index (χ0n) is 9.14. The Morgan fingerprint density at radius 1 is 1.17 bits per heavy atom. The molecule has 0 aromatic carbocycles. The summed E-state index contributed by atoms with van der Waals surface area (Å²) in [6.45, 7) is 9.48. The predicted molar refractivity (Wildman–Crippen MR) is 55.1 cm³/mol. The van der Waals surface area contributed by atoms with E-state index in [-0.39, 0.29) is 0 Å². The Morgan fingerprint density at radius 2 is 1.75 bits per heavy atom. The van der Waals surface area contributed by atoms with E-state index in [0.717, 1.165) is 23.7 Å². The van der Waals surface area contributed by atoms with Crippen LogP contribution in [0.1, 0.15) is 53.4 Å². The van der Waals surface area contributed by atoms with E-state index < -0.39 is 0 Å². The fourth-order valence-corrected chi connectivity index (χ4v) is 2.21. The standard InChI is InChI=1S/C12H24/c1-9(2)6-5-7-10(3)12-8-11(12)4/h9-12H,5-8H2,1-4H3. The summed E-state index contributed by atoms with van der Waals surface area (Å²) in [5.74, 6) is 4.02. The molecule has 0 aliphatic heterocycles. The maximum absolute atomic E-state index is 2.44. The molecule has 0 N–H and O–H groups in total. The van der Waals surface area contributed by atoms with Crippen molar-refractivity contribution in [2.45, 2.75) is 53.4 Å². The molecule has 0 radical (unpaired) electrons. The minimum atomic E-state index is 0.897. The van der Waals surface area contributed by atoms with Crippen LogP contribution in [0, 0.1) is 23.7 Å². The van der Waals surface area contributed by atoms with Gasteiger partial charge in [0, 0.05) is 0 Å². The van der Waals surface area contributed by atoms with E-state index in [9.17, 15) is 0 Å². The minimum absolute atomic E-state index is 0.897. The second-order valence-corrected chi connectivity index (χ2v) is 5.18. The first-order valence-electron chi connectivity index (χ1n) is 5.61. The quantitative estimate of drug-likeness (QED) is 0.579. The third-order valence-electron chi connectivity index (χ3n) is 3.34. The molecule has 0 aromatic rings. The third kappa shape index (κ3) is 3.16. The average Bonchev–Trinajstić information content (AvgIpc) is 2.66. The SMILES string of the molecule is CC(C)CCCC(C)C1CC1C. The first kappa shape index (κ1) is 10.1. The molecule has 0 heterocycles. The van der Waals surface area contributed by atoms with E-state index in [2.05, 4.69) is 27.7 Å². The van der Waals surface area contributed by atoms with Crippen molar-refractivity contribution in [3.8, 4) is 0 Å². The highest BCUT2D eigenvalue weighted by Crippen LogP contribution is 2.45. The van der Waals surface area contributed by atoms with Gasteiger partial charge in [0.1, 0.15) is 0 Å². The first-order chi connectivity index (χ1) is 5.61. The number of hydrogen-bond acceptors (Lipinski definition) is 0. The summed E-state index contributed by atoms with van der Waals surface area (Å²) >= 11 is 0. The molecule has 0 spiro atoms. The Hall–Kier alpha value is 0. The predicted octanol–water partition coefficient (Wildman–Crippen LogP) is 4.10. The highest BCUT2D eigenvalue weighted by Gasteiger charge is 2.36.